The lowest BCUT2D eigenvalue weighted by Crippen LogP contribution is -2.36. The summed E-state index contributed by atoms with van der Waals surface area (Å²) in [6, 6.07) is 8.69. The van der Waals surface area contributed by atoms with Gasteiger partial charge in [-0.2, -0.15) is 0 Å². The van der Waals surface area contributed by atoms with Gasteiger partial charge in [-0.1, -0.05) is 24.3 Å². The summed E-state index contributed by atoms with van der Waals surface area (Å²) >= 11 is 0. The van der Waals surface area contributed by atoms with Gasteiger partial charge in [-0.15, -0.1) is 0 Å². The predicted molar refractivity (Wildman–Crippen MR) is 69.2 cm³/mol. The first-order valence-electron chi connectivity index (χ1n) is 6.68. The molecule has 96 valence electrons. The minimum absolute atomic E-state index is 0.0961. The smallest absolute Gasteiger partial charge is 0.254 e. The van der Waals surface area contributed by atoms with Gasteiger partial charge in [0.2, 0.25) is 0 Å². The van der Waals surface area contributed by atoms with Crippen molar-refractivity contribution in [1.82, 2.24) is 4.90 Å². The van der Waals surface area contributed by atoms with Crippen LogP contribution in [-0.2, 0) is 16.0 Å². The van der Waals surface area contributed by atoms with E-state index < -0.39 is 0 Å². The molecule has 3 nitrogen and oxygen atoms in total. The molecule has 3 rings (SSSR count). The second kappa shape index (κ2) is 4.39. The van der Waals surface area contributed by atoms with E-state index in [2.05, 4.69) is 24.3 Å². The topological polar surface area (TPSA) is 32.8 Å². The third-order valence-corrected chi connectivity index (χ3v) is 4.11. The van der Waals surface area contributed by atoms with Crippen LogP contribution in [0.3, 0.4) is 0 Å². The molecular formula is C15H19NO2. The van der Waals surface area contributed by atoms with E-state index in [-0.39, 0.29) is 24.2 Å². The zero-order valence-corrected chi connectivity index (χ0v) is 10.9. The molecule has 0 spiro atoms. The lowest BCUT2D eigenvalue weighted by Gasteiger charge is -2.33. The van der Waals surface area contributed by atoms with E-state index in [1.165, 1.54) is 11.1 Å². The Kier molecular flexibility index (Phi) is 2.86. The summed E-state index contributed by atoms with van der Waals surface area (Å²) in [4.78, 5) is 14.1. The lowest BCUT2D eigenvalue weighted by atomic mass is 9.87. The minimum atomic E-state index is -0.205. The van der Waals surface area contributed by atoms with Crippen LogP contribution in [0.15, 0.2) is 24.3 Å². The molecule has 1 heterocycles. The number of benzene rings is 1. The maximum Gasteiger partial charge on any atom is 0.254 e. The fourth-order valence-corrected chi connectivity index (χ4v) is 2.93. The molecule has 0 bridgehead atoms. The summed E-state index contributed by atoms with van der Waals surface area (Å²) in [5.41, 5.74) is 2.70. The summed E-state index contributed by atoms with van der Waals surface area (Å²) in [5.74, 6) is 0.129. The van der Waals surface area contributed by atoms with Gasteiger partial charge in [-0.25, -0.2) is 0 Å². The van der Waals surface area contributed by atoms with Crippen molar-refractivity contribution >= 4 is 5.91 Å². The van der Waals surface area contributed by atoms with Crippen LogP contribution in [0.2, 0.25) is 0 Å². The molecule has 1 aromatic carbocycles. The van der Waals surface area contributed by atoms with Crippen LogP contribution >= 0.6 is 0 Å². The molecule has 0 radical (unpaired) electrons. The fraction of sp³-hybridized carbons (Fsp3) is 0.533. The Hall–Kier alpha value is -1.35. The number of likely N-dealkylation sites (N-methyl/N-ethyl adjacent to an activating group) is 1. The highest BCUT2D eigenvalue weighted by Gasteiger charge is 2.44. The zero-order chi connectivity index (χ0) is 12.7. The Balaban J connectivity index is 1.83. The van der Waals surface area contributed by atoms with E-state index in [1.807, 2.05) is 18.9 Å². The van der Waals surface area contributed by atoms with Gasteiger partial charge in [0.1, 0.15) is 0 Å². The number of epoxide rings is 1. The third kappa shape index (κ3) is 1.93. The van der Waals surface area contributed by atoms with Crippen LogP contribution in [-0.4, -0.2) is 30.1 Å². The second-order valence-electron chi connectivity index (χ2n) is 5.32. The van der Waals surface area contributed by atoms with Crippen molar-refractivity contribution in [3.63, 3.8) is 0 Å². The number of aryl methyl sites for hydroxylation is 1. The van der Waals surface area contributed by atoms with Gasteiger partial charge in [-0.3, -0.25) is 4.79 Å². The monoisotopic (exact) mass is 245 g/mol. The van der Waals surface area contributed by atoms with E-state index in [0.717, 1.165) is 19.3 Å². The van der Waals surface area contributed by atoms with Gasteiger partial charge in [0.05, 0.1) is 12.1 Å². The van der Waals surface area contributed by atoms with E-state index >= 15 is 0 Å². The highest BCUT2D eigenvalue weighted by atomic mass is 16.6. The summed E-state index contributed by atoms with van der Waals surface area (Å²) in [5, 5.41) is 0. The van der Waals surface area contributed by atoms with Gasteiger partial charge in [0.15, 0.2) is 6.10 Å². The molecule has 0 saturated carbocycles. The molecule has 3 heteroatoms. The Labute approximate surface area is 108 Å². The molecule has 0 N–H and O–H groups in total. The number of hydrogen-bond acceptors (Lipinski definition) is 2. The maximum atomic E-state index is 12.2. The summed E-state index contributed by atoms with van der Waals surface area (Å²) in [7, 11) is 1.91. The number of hydrogen-bond donors (Lipinski definition) is 0. The van der Waals surface area contributed by atoms with Gasteiger partial charge in [-0.05, 0) is 37.3 Å². The van der Waals surface area contributed by atoms with Crippen LogP contribution in [0, 0.1) is 0 Å². The van der Waals surface area contributed by atoms with Crippen molar-refractivity contribution in [2.45, 2.75) is 44.4 Å². The number of carbonyl (C=O) groups is 1. The average Bonchev–Trinajstić information content (AvgIpc) is 3.13. The largest absolute Gasteiger partial charge is 0.359 e. The Morgan fingerprint density at radius 3 is 2.83 bits per heavy atom. The first-order chi connectivity index (χ1) is 8.68. The first kappa shape index (κ1) is 11.7. The van der Waals surface area contributed by atoms with E-state index in [9.17, 15) is 4.79 Å². The molecule has 1 unspecified atom stereocenters. The van der Waals surface area contributed by atoms with Crippen LogP contribution in [0.4, 0.5) is 0 Å². The fourth-order valence-electron chi connectivity index (χ4n) is 2.93. The quantitative estimate of drug-likeness (QED) is 0.749. The molecule has 1 fully saturated rings. The molecule has 1 saturated heterocycles. The third-order valence-electron chi connectivity index (χ3n) is 4.11. The number of rotatable bonds is 2. The molecule has 0 aromatic heterocycles. The van der Waals surface area contributed by atoms with E-state index in [1.54, 1.807) is 0 Å². The SMILES string of the molecule is C[C@@H]1O[C@H]1C(=O)N(C)C1CCCc2ccccc21. The van der Waals surface area contributed by atoms with Crippen molar-refractivity contribution in [1.29, 1.82) is 0 Å². The predicted octanol–water partition coefficient (Wildman–Crippen LogP) is 2.31. The highest BCUT2D eigenvalue weighted by Crippen LogP contribution is 2.35. The summed E-state index contributed by atoms with van der Waals surface area (Å²) in [6.45, 7) is 1.95. The number of carbonyl (C=O) groups excluding carboxylic acids is 1. The standard InChI is InChI=1S/C15H19NO2/c1-10-14(18-10)15(17)16(2)13-9-5-7-11-6-3-4-8-12(11)13/h3-4,6,8,10,13-14H,5,7,9H2,1-2H3/t10-,13?,14+/m0/s1. The van der Waals surface area contributed by atoms with Crippen molar-refractivity contribution in [2.75, 3.05) is 7.05 Å². The average molecular weight is 245 g/mol. The van der Waals surface area contributed by atoms with Gasteiger partial charge in [0.25, 0.3) is 5.91 Å². The molecule has 1 aromatic rings. The Morgan fingerprint density at radius 1 is 1.39 bits per heavy atom. The van der Waals surface area contributed by atoms with Crippen LogP contribution in [0.25, 0.3) is 0 Å². The molecule has 18 heavy (non-hydrogen) atoms. The molecule has 1 aliphatic heterocycles. The molecule has 1 amide bonds. The van der Waals surface area contributed by atoms with Crippen LogP contribution in [0.5, 0.6) is 0 Å². The lowest BCUT2D eigenvalue weighted by molar-refractivity contribution is -0.133. The number of nitrogens with zero attached hydrogens (tertiary/aromatic N) is 1. The number of fused-ring (bicyclic) bond motifs is 1. The number of ether oxygens (including phenoxy) is 1. The van der Waals surface area contributed by atoms with E-state index in [4.69, 9.17) is 4.74 Å². The van der Waals surface area contributed by atoms with Gasteiger partial charge >= 0.3 is 0 Å². The molecule has 3 atom stereocenters. The molecule has 2 aliphatic rings. The first-order valence-corrected chi connectivity index (χ1v) is 6.68. The highest BCUT2D eigenvalue weighted by molar-refractivity contribution is 5.84. The van der Waals surface area contributed by atoms with Crippen molar-refractivity contribution in [2.24, 2.45) is 0 Å². The van der Waals surface area contributed by atoms with Crippen molar-refractivity contribution in [3.05, 3.63) is 35.4 Å². The van der Waals surface area contributed by atoms with Crippen LogP contribution < -0.4 is 0 Å². The van der Waals surface area contributed by atoms with Gasteiger partial charge < -0.3 is 9.64 Å². The minimum Gasteiger partial charge on any atom is -0.359 e. The normalized spacial score (nSPS) is 29.6. The Bertz CT molecular complexity index is 471. The zero-order valence-electron chi connectivity index (χ0n) is 10.9. The maximum absolute atomic E-state index is 12.2. The molecular weight excluding hydrogens is 226 g/mol. The van der Waals surface area contributed by atoms with Crippen molar-refractivity contribution in [3.8, 4) is 0 Å². The number of amides is 1. The Morgan fingerprint density at radius 2 is 2.11 bits per heavy atom. The summed E-state index contributed by atoms with van der Waals surface area (Å²) in [6.07, 6.45) is 3.23. The second-order valence-corrected chi connectivity index (χ2v) is 5.32. The summed E-state index contributed by atoms with van der Waals surface area (Å²) < 4.78 is 5.29. The van der Waals surface area contributed by atoms with Crippen molar-refractivity contribution < 1.29 is 9.53 Å². The van der Waals surface area contributed by atoms with Crippen LogP contribution in [0.1, 0.15) is 36.9 Å². The molecule has 1 aliphatic carbocycles. The van der Waals surface area contributed by atoms with E-state index in [0.29, 0.717) is 0 Å². The van der Waals surface area contributed by atoms with Gasteiger partial charge in [0, 0.05) is 7.05 Å².